The van der Waals surface area contributed by atoms with Gasteiger partial charge in [-0.25, -0.2) is 9.78 Å². The Bertz CT molecular complexity index is 411. The van der Waals surface area contributed by atoms with Crippen LogP contribution in [0, 0.1) is 0 Å². The van der Waals surface area contributed by atoms with Gasteiger partial charge in [0.15, 0.2) is 0 Å². The van der Waals surface area contributed by atoms with Crippen LogP contribution in [0.15, 0.2) is 18.3 Å². The molecule has 2 N–H and O–H groups in total. The second-order valence-corrected chi connectivity index (χ2v) is 4.80. The molecule has 1 aliphatic rings. The molecule has 0 unspecified atom stereocenters. The average Bonchev–Trinajstić information content (AvgIpc) is 3.00. The molecule has 2 rings (SSSR count). The van der Waals surface area contributed by atoms with Crippen LogP contribution in [-0.2, 0) is 4.79 Å². The molecule has 0 atom stereocenters. The van der Waals surface area contributed by atoms with Crippen molar-refractivity contribution in [1.82, 2.24) is 4.98 Å². The highest BCUT2D eigenvalue weighted by Crippen LogP contribution is 2.40. The van der Waals surface area contributed by atoms with Gasteiger partial charge >= 0.3 is 5.97 Å². The highest BCUT2D eigenvalue weighted by Gasteiger charge is 2.28. The standard InChI is InChI=1S/C12H16N2O2/c1-12(2,11(15)16)14-10-7-9(5-6-13-10)8-3-4-8/h5-8H,3-4H2,1-2H3,(H,13,14)(H,15,16). The van der Waals surface area contributed by atoms with Gasteiger partial charge in [0.1, 0.15) is 11.4 Å². The van der Waals surface area contributed by atoms with Crippen molar-refractivity contribution < 1.29 is 9.90 Å². The molecule has 4 heteroatoms. The minimum Gasteiger partial charge on any atom is -0.480 e. The van der Waals surface area contributed by atoms with E-state index in [2.05, 4.69) is 10.3 Å². The largest absolute Gasteiger partial charge is 0.480 e. The molecule has 0 aromatic carbocycles. The summed E-state index contributed by atoms with van der Waals surface area (Å²) in [5.74, 6) is 0.402. The second kappa shape index (κ2) is 3.77. The van der Waals surface area contributed by atoms with Crippen molar-refractivity contribution in [3.05, 3.63) is 23.9 Å². The third kappa shape index (κ3) is 2.32. The zero-order chi connectivity index (χ0) is 11.8. The van der Waals surface area contributed by atoms with Crippen molar-refractivity contribution in [2.75, 3.05) is 5.32 Å². The van der Waals surface area contributed by atoms with E-state index in [1.807, 2.05) is 12.1 Å². The summed E-state index contributed by atoms with van der Waals surface area (Å²) >= 11 is 0. The number of hydrogen-bond acceptors (Lipinski definition) is 3. The quantitative estimate of drug-likeness (QED) is 0.816. The average molecular weight is 220 g/mol. The summed E-state index contributed by atoms with van der Waals surface area (Å²) in [5, 5.41) is 11.9. The molecule has 16 heavy (non-hydrogen) atoms. The summed E-state index contributed by atoms with van der Waals surface area (Å²) in [5.41, 5.74) is 0.258. The first-order valence-electron chi connectivity index (χ1n) is 5.46. The summed E-state index contributed by atoms with van der Waals surface area (Å²) in [4.78, 5) is 15.1. The topological polar surface area (TPSA) is 62.2 Å². The Morgan fingerprint density at radius 3 is 2.81 bits per heavy atom. The van der Waals surface area contributed by atoms with Gasteiger partial charge in [0.2, 0.25) is 0 Å². The Hall–Kier alpha value is -1.58. The van der Waals surface area contributed by atoms with E-state index < -0.39 is 11.5 Å². The molecular formula is C12H16N2O2. The summed E-state index contributed by atoms with van der Waals surface area (Å²) < 4.78 is 0. The van der Waals surface area contributed by atoms with Gasteiger partial charge in [-0.3, -0.25) is 0 Å². The van der Waals surface area contributed by atoms with E-state index in [1.54, 1.807) is 20.0 Å². The maximum absolute atomic E-state index is 11.0. The van der Waals surface area contributed by atoms with E-state index in [-0.39, 0.29) is 0 Å². The van der Waals surface area contributed by atoms with Crippen LogP contribution < -0.4 is 5.32 Å². The van der Waals surface area contributed by atoms with Crippen molar-refractivity contribution >= 4 is 11.8 Å². The Kier molecular flexibility index (Phi) is 2.58. The minimum absolute atomic E-state index is 0.636. The molecule has 86 valence electrons. The Balaban J connectivity index is 2.14. The molecular weight excluding hydrogens is 204 g/mol. The number of aliphatic carboxylic acids is 1. The lowest BCUT2D eigenvalue weighted by Gasteiger charge is -2.21. The number of hydrogen-bond donors (Lipinski definition) is 2. The molecule has 1 aromatic heterocycles. The van der Waals surface area contributed by atoms with E-state index in [9.17, 15) is 4.79 Å². The predicted octanol–water partition coefficient (Wildman–Crippen LogP) is 2.23. The van der Waals surface area contributed by atoms with Gasteiger partial charge in [0.25, 0.3) is 0 Å². The van der Waals surface area contributed by atoms with Gasteiger partial charge in [0, 0.05) is 6.20 Å². The van der Waals surface area contributed by atoms with Crippen molar-refractivity contribution in [3.63, 3.8) is 0 Å². The van der Waals surface area contributed by atoms with E-state index in [0.717, 1.165) is 0 Å². The zero-order valence-electron chi connectivity index (χ0n) is 9.53. The first-order chi connectivity index (χ1) is 7.49. The number of nitrogens with one attached hydrogen (secondary N) is 1. The number of anilines is 1. The third-order valence-corrected chi connectivity index (χ3v) is 2.81. The number of rotatable bonds is 4. The molecule has 0 amide bonds. The molecule has 0 saturated heterocycles. The van der Waals surface area contributed by atoms with Crippen molar-refractivity contribution in [1.29, 1.82) is 0 Å². The number of carbonyl (C=O) groups is 1. The first kappa shape index (κ1) is 10.9. The predicted molar refractivity (Wildman–Crippen MR) is 61.5 cm³/mol. The lowest BCUT2D eigenvalue weighted by Crippen LogP contribution is -2.40. The molecule has 0 bridgehead atoms. The minimum atomic E-state index is -0.991. The van der Waals surface area contributed by atoms with Gasteiger partial charge in [-0.15, -0.1) is 0 Å². The number of aromatic nitrogens is 1. The molecule has 4 nitrogen and oxygen atoms in total. The fourth-order valence-corrected chi connectivity index (χ4v) is 1.56. The normalized spacial score (nSPS) is 15.9. The van der Waals surface area contributed by atoms with Gasteiger partial charge < -0.3 is 10.4 Å². The van der Waals surface area contributed by atoms with Crippen LogP contribution in [0.2, 0.25) is 0 Å². The van der Waals surface area contributed by atoms with E-state index in [0.29, 0.717) is 11.7 Å². The summed E-state index contributed by atoms with van der Waals surface area (Å²) in [7, 11) is 0. The number of carboxylic acid groups (broad SMARTS) is 1. The van der Waals surface area contributed by atoms with Gasteiger partial charge in [0.05, 0.1) is 0 Å². The molecule has 0 spiro atoms. The smallest absolute Gasteiger partial charge is 0.328 e. The van der Waals surface area contributed by atoms with Crippen LogP contribution in [0.1, 0.15) is 38.2 Å². The monoisotopic (exact) mass is 220 g/mol. The molecule has 1 aromatic rings. The maximum Gasteiger partial charge on any atom is 0.328 e. The lowest BCUT2D eigenvalue weighted by atomic mass is 10.1. The van der Waals surface area contributed by atoms with Crippen LogP contribution in [0.4, 0.5) is 5.82 Å². The number of pyridine rings is 1. The third-order valence-electron chi connectivity index (χ3n) is 2.81. The lowest BCUT2D eigenvalue weighted by molar-refractivity contribution is -0.141. The van der Waals surface area contributed by atoms with Crippen molar-refractivity contribution in [2.45, 2.75) is 38.1 Å². The Morgan fingerprint density at radius 1 is 1.56 bits per heavy atom. The highest BCUT2D eigenvalue weighted by atomic mass is 16.4. The van der Waals surface area contributed by atoms with E-state index in [4.69, 9.17) is 5.11 Å². The zero-order valence-corrected chi connectivity index (χ0v) is 9.53. The number of nitrogens with zero attached hydrogens (tertiary/aromatic N) is 1. The summed E-state index contributed by atoms with van der Waals surface area (Å²) in [6, 6.07) is 3.94. The van der Waals surface area contributed by atoms with Crippen LogP contribution >= 0.6 is 0 Å². The van der Waals surface area contributed by atoms with Gasteiger partial charge in [-0.1, -0.05) is 0 Å². The molecule has 1 heterocycles. The fourth-order valence-electron chi connectivity index (χ4n) is 1.56. The Morgan fingerprint density at radius 2 is 2.25 bits per heavy atom. The molecule has 0 radical (unpaired) electrons. The fraction of sp³-hybridized carbons (Fsp3) is 0.500. The van der Waals surface area contributed by atoms with E-state index in [1.165, 1.54) is 18.4 Å². The first-order valence-corrected chi connectivity index (χ1v) is 5.46. The van der Waals surface area contributed by atoms with Crippen molar-refractivity contribution in [2.24, 2.45) is 0 Å². The summed E-state index contributed by atoms with van der Waals surface area (Å²) in [6.07, 6.45) is 4.19. The van der Waals surface area contributed by atoms with E-state index >= 15 is 0 Å². The molecule has 1 saturated carbocycles. The van der Waals surface area contributed by atoms with Crippen LogP contribution in [-0.4, -0.2) is 21.6 Å². The maximum atomic E-state index is 11.0. The van der Waals surface area contributed by atoms with Gasteiger partial charge in [-0.05, 0) is 50.3 Å². The van der Waals surface area contributed by atoms with Crippen molar-refractivity contribution in [3.8, 4) is 0 Å². The molecule has 0 aliphatic heterocycles. The Labute approximate surface area is 94.7 Å². The SMILES string of the molecule is CC(C)(Nc1cc(C2CC2)ccn1)C(=O)O. The van der Waals surface area contributed by atoms with Gasteiger partial charge in [-0.2, -0.15) is 0 Å². The molecule has 1 aliphatic carbocycles. The second-order valence-electron chi connectivity index (χ2n) is 4.80. The molecule has 1 fully saturated rings. The number of carboxylic acids is 1. The van der Waals surface area contributed by atoms with Crippen LogP contribution in [0.5, 0.6) is 0 Å². The highest BCUT2D eigenvalue weighted by molar-refractivity contribution is 5.81. The van der Waals surface area contributed by atoms with Crippen LogP contribution in [0.3, 0.4) is 0 Å². The summed E-state index contributed by atoms with van der Waals surface area (Å²) in [6.45, 7) is 3.25. The van der Waals surface area contributed by atoms with Crippen LogP contribution in [0.25, 0.3) is 0 Å².